The molecule has 1 rings (SSSR count). The monoisotopic (exact) mass is 263 g/mol. The molecule has 7 heteroatoms. The van der Waals surface area contributed by atoms with Crippen LogP contribution in [-0.4, -0.2) is 45.8 Å². The van der Waals surface area contributed by atoms with Crippen molar-refractivity contribution < 1.29 is 13.2 Å². The van der Waals surface area contributed by atoms with Crippen molar-refractivity contribution in [3.05, 3.63) is 0 Å². The largest absolute Gasteiger partial charge is 0.353 e. The summed E-state index contributed by atoms with van der Waals surface area (Å²) in [5, 5.41) is 5.84. The van der Waals surface area contributed by atoms with Crippen molar-refractivity contribution in [2.45, 2.75) is 31.7 Å². The summed E-state index contributed by atoms with van der Waals surface area (Å²) in [6.45, 7) is 2.83. The minimum Gasteiger partial charge on any atom is -0.353 e. The first kappa shape index (κ1) is 14.4. The summed E-state index contributed by atoms with van der Waals surface area (Å²) in [4.78, 5) is 11.9. The standard InChI is InChI=1S/C10H21N3O3S/c1-10(5-3-4-6-13-10)9(14)12-7-8-17(15,16)11-2/h11,13H,3-8H2,1-2H3,(H,12,14). The first-order valence-electron chi connectivity index (χ1n) is 5.84. The van der Waals surface area contributed by atoms with E-state index in [0.717, 1.165) is 25.8 Å². The maximum Gasteiger partial charge on any atom is 0.240 e. The molecule has 1 amide bonds. The van der Waals surface area contributed by atoms with E-state index in [-0.39, 0.29) is 18.2 Å². The lowest BCUT2D eigenvalue weighted by atomic mass is 9.90. The first-order chi connectivity index (χ1) is 7.90. The Hall–Kier alpha value is -0.660. The molecule has 1 heterocycles. The van der Waals surface area contributed by atoms with Crippen molar-refractivity contribution in [2.24, 2.45) is 0 Å². The van der Waals surface area contributed by atoms with Crippen molar-refractivity contribution >= 4 is 15.9 Å². The van der Waals surface area contributed by atoms with Crippen LogP contribution in [0, 0.1) is 0 Å². The van der Waals surface area contributed by atoms with Crippen LogP contribution in [0.4, 0.5) is 0 Å². The molecule has 6 nitrogen and oxygen atoms in total. The van der Waals surface area contributed by atoms with E-state index in [2.05, 4.69) is 15.4 Å². The number of hydrogen-bond acceptors (Lipinski definition) is 4. The third-order valence-electron chi connectivity index (χ3n) is 3.09. The summed E-state index contributed by atoms with van der Waals surface area (Å²) in [5.74, 6) is -0.214. The number of carbonyl (C=O) groups is 1. The lowest BCUT2D eigenvalue weighted by molar-refractivity contribution is -0.127. The summed E-state index contributed by atoms with van der Waals surface area (Å²) in [5.41, 5.74) is -0.554. The maximum absolute atomic E-state index is 11.9. The van der Waals surface area contributed by atoms with Gasteiger partial charge in [-0.1, -0.05) is 0 Å². The molecule has 0 radical (unpaired) electrons. The normalized spacial score (nSPS) is 25.5. The van der Waals surface area contributed by atoms with E-state index < -0.39 is 15.6 Å². The number of piperidine rings is 1. The molecule has 1 saturated heterocycles. The molecule has 0 saturated carbocycles. The van der Waals surface area contributed by atoms with Gasteiger partial charge in [0.1, 0.15) is 0 Å². The molecule has 100 valence electrons. The Balaban J connectivity index is 2.39. The molecule has 1 aliphatic heterocycles. The molecule has 1 fully saturated rings. The van der Waals surface area contributed by atoms with Gasteiger partial charge in [-0.2, -0.15) is 0 Å². The Bertz CT molecular complexity index is 361. The molecule has 0 spiro atoms. The first-order valence-corrected chi connectivity index (χ1v) is 7.49. The molecule has 0 bridgehead atoms. The van der Waals surface area contributed by atoms with E-state index in [1.807, 2.05) is 6.92 Å². The van der Waals surface area contributed by atoms with Crippen LogP contribution in [0.3, 0.4) is 0 Å². The molecule has 1 atom stereocenters. The minimum absolute atomic E-state index is 0.0919. The molecule has 17 heavy (non-hydrogen) atoms. The van der Waals surface area contributed by atoms with Crippen LogP contribution in [0.15, 0.2) is 0 Å². The molecule has 1 unspecified atom stereocenters. The predicted molar refractivity (Wildman–Crippen MR) is 66.1 cm³/mol. The average molecular weight is 263 g/mol. The van der Waals surface area contributed by atoms with Crippen LogP contribution in [0.25, 0.3) is 0 Å². The van der Waals surface area contributed by atoms with Gasteiger partial charge >= 0.3 is 0 Å². The smallest absolute Gasteiger partial charge is 0.240 e. The minimum atomic E-state index is -3.25. The van der Waals surface area contributed by atoms with E-state index in [1.165, 1.54) is 7.05 Å². The molecular weight excluding hydrogens is 242 g/mol. The summed E-state index contributed by atoms with van der Waals surface area (Å²) in [7, 11) is -1.89. The Kier molecular flexibility index (Phi) is 4.91. The van der Waals surface area contributed by atoms with E-state index in [1.54, 1.807) is 0 Å². The highest BCUT2D eigenvalue weighted by Gasteiger charge is 2.33. The molecular formula is C10H21N3O3S. The second kappa shape index (κ2) is 5.79. The van der Waals surface area contributed by atoms with Crippen molar-refractivity contribution in [1.82, 2.24) is 15.4 Å². The van der Waals surface area contributed by atoms with Gasteiger partial charge in [0.25, 0.3) is 0 Å². The van der Waals surface area contributed by atoms with Crippen molar-refractivity contribution in [3.8, 4) is 0 Å². The fourth-order valence-electron chi connectivity index (χ4n) is 1.85. The van der Waals surface area contributed by atoms with Crippen molar-refractivity contribution in [3.63, 3.8) is 0 Å². The zero-order chi connectivity index (χ0) is 12.9. The fourth-order valence-corrected chi connectivity index (χ4v) is 2.42. The number of carbonyl (C=O) groups excluding carboxylic acids is 1. The third kappa shape index (κ3) is 4.25. The number of nitrogens with one attached hydrogen (secondary N) is 3. The molecule has 0 aromatic rings. The number of hydrogen-bond donors (Lipinski definition) is 3. The van der Waals surface area contributed by atoms with Crippen LogP contribution in [-0.2, 0) is 14.8 Å². The summed E-state index contributed by atoms with van der Waals surface area (Å²) < 4.78 is 24.5. The second-order valence-corrected chi connectivity index (χ2v) is 6.54. The van der Waals surface area contributed by atoms with Gasteiger partial charge in [0, 0.05) is 6.54 Å². The third-order valence-corrected chi connectivity index (χ3v) is 4.45. The van der Waals surface area contributed by atoms with Crippen LogP contribution in [0.1, 0.15) is 26.2 Å². The highest BCUT2D eigenvalue weighted by Crippen LogP contribution is 2.18. The summed E-state index contributed by atoms with van der Waals surface area (Å²) in [6.07, 6.45) is 2.89. The van der Waals surface area contributed by atoms with Crippen molar-refractivity contribution in [2.75, 3.05) is 25.9 Å². The predicted octanol–water partition coefficient (Wildman–Crippen LogP) is -0.816. The molecule has 3 N–H and O–H groups in total. The van der Waals surface area contributed by atoms with E-state index in [0.29, 0.717) is 0 Å². The Morgan fingerprint density at radius 3 is 2.65 bits per heavy atom. The highest BCUT2D eigenvalue weighted by molar-refractivity contribution is 7.89. The van der Waals surface area contributed by atoms with Gasteiger partial charge in [-0.05, 0) is 39.8 Å². The van der Waals surface area contributed by atoms with Crippen LogP contribution in [0.5, 0.6) is 0 Å². The van der Waals surface area contributed by atoms with Gasteiger partial charge in [-0.3, -0.25) is 4.79 Å². The Morgan fingerprint density at radius 2 is 2.12 bits per heavy atom. The van der Waals surface area contributed by atoms with Gasteiger partial charge in [0.05, 0.1) is 11.3 Å². The van der Waals surface area contributed by atoms with E-state index in [9.17, 15) is 13.2 Å². The van der Waals surface area contributed by atoms with Gasteiger partial charge in [0.15, 0.2) is 0 Å². The SMILES string of the molecule is CNS(=O)(=O)CCNC(=O)C1(C)CCCCN1. The Morgan fingerprint density at radius 1 is 1.41 bits per heavy atom. The lowest BCUT2D eigenvalue weighted by Gasteiger charge is -2.33. The molecule has 1 aliphatic rings. The highest BCUT2D eigenvalue weighted by atomic mass is 32.2. The fraction of sp³-hybridized carbons (Fsp3) is 0.900. The Labute approximate surface area is 103 Å². The number of amides is 1. The summed E-state index contributed by atoms with van der Waals surface area (Å²) >= 11 is 0. The summed E-state index contributed by atoms with van der Waals surface area (Å²) in [6, 6.07) is 0. The van der Waals surface area contributed by atoms with Crippen molar-refractivity contribution in [1.29, 1.82) is 0 Å². The maximum atomic E-state index is 11.9. The van der Waals surface area contributed by atoms with Crippen LogP contribution < -0.4 is 15.4 Å². The van der Waals surface area contributed by atoms with E-state index >= 15 is 0 Å². The van der Waals surface area contributed by atoms with Crippen LogP contribution in [0.2, 0.25) is 0 Å². The molecule has 0 aliphatic carbocycles. The molecule has 0 aromatic heterocycles. The zero-order valence-electron chi connectivity index (χ0n) is 10.4. The van der Waals surface area contributed by atoms with Gasteiger partial charge in [-0.15, -0.1) is 0 Å². The van der Waals surface area contributed by atoms with Gasteiger partial charge < -0.3 is 10.6 Å². The average Bonchev–Trinajstić information content (AvgIpc) is 2.29. The zero-order valence-corrected chi connectivity index (χ0v) is 11.2. The van der Waals surface area contributed by atoms with Gasteiger partial charge in [-0.25, -0.2) is 13.1 Å². The number of sulfonamides is 1. The second-order valence-electron chi connectivity index (χ2n) is 4.49. The topological polar surface area (TPSA) is 87.3 Å². The molecule has 0 aromatic carbocycles. The number of rotatable bonds is 5. The van der Waals surface area contributed by atoms with Crippen LogP contribution >= 0.6 is 0 Å². The van der Waals surface area contributed by atoms with Gasteiger partial charge in [0.2, 0.25) is 15.9 Å². The van der Waals surface area contributed by atoms with E-state index in [4.69, 9.17) is 0 Å². The quantitative estimate of drug-likeness (QED) is 0.605. The lowest BCUT2D eigenvalue weighted by Crippen LogP contribution is -2.57.